The van der Waals surface area contributed by atoms with Crippen molar-refractivity contribution >= 4 is 5.97 Å². The minimum absolute atomic E-state index is 0.0359. The predicted molar refractivity (Wildman–Crippen MR) is 42.5 cm³/mol. The van der Waals surface area contributed by atoms with Crippen molar-refractivity contribution in [2.75, 3.05) is 6.61 Å². The average Bonchev–Trinajstić information content (AvgIpc) is 2.11. The molecule has 1 saturated carbocycles. The zero-order chi connectivity index (χ0) is 8.60. The second-order valence-electron chi connectivity index (χ2n) is 3.94. The second kappa shape index (κ2) is 2.73. The van der Waals surface area contributed by atoms with E-state index in [4.69, 9.17) is 4.74 Å². The summed E-state index contributed by atoms with van der Waals surface area (Å²) in [6, 6.07) is 0. The summed E-state index contributed by atoms with van der Waals surface area (Å²) in [7, 11) is 0. The SMILES string of the molecule is O=C1OCCC2(O)CCCC1C2. The van der Waals surface area contributed by atoms with E-state index in [9.17, 15) is 9.90 Å². The van der Waals surface area contributed by atoms with Gasteiger partial charge in [0, 0.05) is 6.42 Å². The first-order chi connectivity index (χ1) is 5.70. The highest BCUT2D eigenvalue weighted by atomic mass is 16.5. The highest BCUT2D eigenvalue weighted by Gasteiger charge is 2.40. The van der Waals surface area contributed by atoms with Crippen molar-refractivity contribution in [3.8, 4) is 0 Å². The quantitative estimate of drug-likeness (QED) is 0.548. The van der Waals surface area contributed by atoms with Crippen molar-refractivity contribution in [2.24, 2.45) is 5.92 Å². The summed E-state index contributed by atoms with van der Waals surface area (Å²) in [6.07, 6.45) is 3.92. The maximum absolute atomic E-state index is 11.2. The first-order valence-electron chi connectivity index (χ1n) is 4.59. The normalized spacial score (nSPS) is 41.8. The topological polar surface area (TPSA) is 46.5 Å². The Morgan fingerprint density at radius 3 is 3.17 bits per heavy atom. The molecule has 2 atom stereocenters. The molecule has 2 fully saturated rings. The first kappa shape index (κ1) is 8.05. The van der Waals surface area contributed by atoms with Crippen LogP contribution in [0.4, 0.5) is 0 Å². The van der Waals surface area contributed by atoms with Crippen molar-refractivity contribution in [1.82, 2.24) is 0 Å². The molecule has 3 nitrogen and oxygen atoms in total. The molecule has 2 bridgehead atoms. The van der Waals surface area contributed by atoms with Gasteiger partial charge in [0.25, 0.3) is 0 Å². The molecule has 2 unspecified atom stereocenters. The number of aliphatic hydroxyl groups is 1. The van der Waals surface area contributed by atoms with Crippen LogP contribution in [-0.2, 0) is 9.53 Å². The van der Waals surface area contributed by atoms with Crippen molar-refractivity contribution in [3.63, 3.8) is 0 Å². The Morgan fingerprint density at radius 1 is 1.50 bits per heavy atom. The number of hydrogen-bond acceptors (Lipinski definition) is 3. The van der Waals surface area contributed by atoms with Crippen LogP contribution in [0.1, 0.15) is 32.1 Å². The lowest BCUT2D eigenvalue weighted by atomic mass is 9.77. The van der Waals surface area contributed by atoms with Crippen LogP contribution in [-0.4, -0.2) is 23.3 Å². The molecule has 0 aromatic heterocycles. The first-order valence-corrected chi connectivity index (χ1v) is 4.59. The highest BCUT2D eigenvalue weighted by Crippen LogP contribution is 2.37. The van der Waals surface area contributed by atoms with Crippen molar-refractivity contribution in [1.29, 1.82) is 0 Å². The summed E-state index contributed by atoms with van der Waals surface area (Å²) in [4.78, 5) is 11.2. The standard InChI is InChI=1S/C9H14O3/c10-8-7-2-1-3-9(11,6-7)4-5-12-8/h7,11H,1-6H2. The molecule has 1 saturated heterocycles. The molecule has 2 rings (SSSR count). The maximum Gasteiger partial charge on any atom is 0.309 e. The van der Waals surface area contributed by atoms with Crippen LogP contribution in [0.2, 0.25) is 0 Å². The number of rotatable bonds is 0. The molecular weight excluding hydrogens is 156 g/mol. The van der Waals surface area contributed by atoms with Gasteiger partial charge in [-0.2, -0.15) is 0 Å². The molecule has 0 aromatic carbocycles. The van der Waals surface area contributed by atoms with Crippen molar-refractivity contribution in [3.05, 3.63) is 0 Å². The summed E-state index contributed by atoms with van der Waals surface area (Å²) < 4.78 is 4.98. The monoisotopic (exact) mass is 170 g/mol. The molecular formula is C9H14O3. The van der Waals surface area contributed by atoms with E-state index in [0.717, 1.165) is 19.3 Å². The van der Waals surface area contributed by atoms with E-state index in [0.29, 0.717) is 19.4 Å². The lowest BCUT2D eigenvalue weighted by Crippen LogP contribution is -2.35. The van der Waals surface area contributed by atoms with Gasteiger partial charge in [-0.25, -0.2) is 0 Å². The lowest BCUT2D eigenvalue weighted by molar-refractivity contribution is -0.148. The molecule has 1 heterocycles. The fraction of sp³-hybridized carbons (Fsp3) is 0.889. The van der Waals surface area contributed by atoms with Crippen LogP contribution >= 0.6 is 0 Å². The third kappa shape index (κ3) is 1.33. The van der Waals surface area contributed by atoms with Gasteiger partial charge in [0.15, 0.2) is 0 Å². The molecule has 2 aliphatic rings. The predicted octanol–water partition coefficient (Wildman–Crippen LogP) is 0.855. The van der Waals surface area contributed by atoms with E-state index in [1.165, 1.54) is 0 Å². The number of fused-ring (bicyclic) bond motifs is 2. The molecule has 1 aliphatic heterocycles. The molecule has 1 aliphatic carbocycles. The second-order valence-corrected chi connectivity index (χ2v) is 3.94. The summed E-state index contributed by atoms with van der Waals surface area (Å²) in [5.74, 6) is -0.142. The Bertz CT molecular complexity index is 202. The van der Waals surface area contributed by atoms with E-state index >= 15 is 0 Å². The molecule has 0 aromatic rings. The van der Waals surface area contributed by atoms with Gasteiger partial charge in [0.05, 0.1) is 18.1 Å². The van der Waals surface area contributed by atoms with Crippen LogP contribution in [0.5, 0.6) is 0 Å². The zero-order valence-corrected chi connectivity index (χ0v) is 7.08. The summed E-state index contributed by atoms with van der Waals surface area (Å²) in [5, 5.41) is 9.97. The Labute approximate surface area is 71.7 Å². The Hall–Kier alpha value is -0.570. The van der Waals surface area contributed by atoms with Crippen LogP contribution in [0, 0.1) is 5.92 Å². The molecule has 68 valence electrons. The summed E-state index contributed by atoms with van der Waals surface area (Å²) in [6.45, 7) is 0.395. The molecule has 1 N–H and O–H groups in total. The minimum Gasteiger partial charge on any atom is -0.465 e. The third-order valence-electron chi connectivity index (χ3n) is 2.97. The van der Waals surface area contributed by atoms with E-state index in [-0.39, 0.29) is 11.9 Å². The van der Waals surface area contributed by atoms with E-state index in [1.807, 2.05) is 0 Å². The number of carbonyl (C=O) groups excluding carboxylic acids is 1. The van der Waals surface area contributed by atoms with Crippen molar-refractivity contribution < 1.29 is 14.6 Å². The van der Waals surface area contributed by atoms with Gasteiger partial charge in [-0.1, -0.05) is 0 Å². The van der Waals surface area contributed by atoms with Gasteiger partial charge in [0.2, 0.25) is 0 Å². The fourth-order valence-corrected chi connectivity index (χ4v) is 2.23. The van der Waals surface area contributed by atoms with Crippen LogP contribution in [0.25, 0.3) is 0 Å². The number of cyclic esters (lactones) is 1. The number of ether oxygens (including phenoxy) is 1. The molecule has 0 amide bonds. The largest absolute Gasteiger partial charge is 0.465 e. The van der Waals surface area contributed by atoms with Crippen LogP contribution in [0.3, 0.4) is 0 Å². The van der Waals surface area contributed by atoms with E-state index in [2.05, 4.69) is 0 Å². The van der Waals surface area contributed by atoms with Gasteiger partial charge >= 0.3 is 5.97 Å². The van der Waals surface area contributed by atoms with Crippen LogP contribution in [0.15, 0.2) is 0 Å². The molecule has 0 spiro atoms. The van der Waals surface area contributed by atoms with Gasteiger partial charge in [0.1, 0.15) is 0 Å². The number of carbonyl (C=O) groups is 1. The number of hydrogen-bond donors (Lipinski definition) is 1. The Balaban J connectivity index is 2.16. The van der Waals surface area contributed by atoms with Gasteiger partial charge in [-0.15, -0.1) is 0 Å². The molecule has 3 heteroatoms. The van der Waals surface area contributed by atoms with Crippen molar-refractivity contribution in [2.45, 2.75) is 37.7 Å². The smallest absolute Gasteiger partial charge is 0.309 e. The molecule has 0 radical (unpaired) electrons. The zero-order valence-electron chi connectivity index (χ0n) is 7.08. The van der Waals surface area contributed by atoms with E-state index in [1.54, 1.807) is 0 Å². The van der Waals surface area contributed by atoms with Gasteiger partial charge in [-0.05, 0) is 25.7 Å². The average molecular weight is 170 g/mol. The summed E-state index contributed by atoms with van der Waals surface area (Å²) in [5.41, 5.74) is -0.602. The van der Waals surface area contributed by atoms with Gasteiger partial charge in [-0.3, -0.25) is 4.79 Å². The Morgan fingerprint density at radius 2 is 2.33 bits per heavy atom. The van der Waals surface area contributed by atoms with Gasteiger partial charge < -0.3 is 9.84 Å². The third-order valence-corrected chi connectivity index (χ3v) is 2.97. The minimum atomic E-state index is -0.602. The highest BCUT2D eigenvalue weighted by molar-refractivity contribution is 5.73. The summed E-state index contributed by atoms with van der Waals surface area (Å²) >= 11 is 0. The Kier molecular flexibility index (Phi) is 1.83. The molecule has 12 heavy (non-hydrogen) atoms. The lowest BCUT2D eigenvalue weighted by Gasteiger charge is -2.32. The fourth-order valence-electron chi connectivity index (χ4n) is 2.23. The number of esters is 1. The maximum atomic E-state index is 11.2. The van der Waals surface area contributed by atoms with E-state index < -0.39 is 5.60 Å². The van der Waals surface area contributed by atoms with Crippen LogP contribution < -0.4 is 0 Å².